The molecule has 0 aliphatic carbocycles. The van der Waals surface area contributed by atoms with Crippen molar-refractivity contribution in [3.63, 3.8) is 0 Å². The molecule has 2 aromatic carbocycles. The highest BCUT2D eigenvalue weighted by molar-refractivity contribution is 6.46. The van der Waals surface area contributed by atoms with Crippen LogP contribution in [0.1, 0.15) is 42.5 Å². The summed E-state index contributed by atoms with van der Waals surface area (Å²) in [6.07, 6.45) is 0. The molecular weight excluding hydrogens is 420 g/mol. The van der Waals surface area contributed by atoms with Gasteiger partial charge in [0.2, 0.25) is 0 Å². The van der Waals surface area contributed by atoms with E-state index in [2.05, 4.69) is 0 Å². The van der Waals surface area contributed by atoms with Crippen LogP contribution in [0.25, 0.3) is 5.76 Å². The Bertz CT molecular complexity index is 1070. The van der Waals surface area contributed by atoms with Crippen LogP contribution in [0.15, 0.2) is 48.0 Å². The number of aliphatic hydroxyl groups is 1. The Hall–Kier alpha value is -3.32. The lowest BCUT2D eigenvalue weighted by molar-refractivity contribution is -0.140. The minimum absolute atomic E-state index is 0.0758. The Kier molecular flexibility index (Phi) is 7.43. The largest absolute Gasteiger partial charge is 0.507 e. The summed E-state index contributed by atoms with van der Waals surface area (Å²) in [6.45, 7) is 4.97. The fourth-order valence-corrected chi connectivity index (χ4v) is 4.06. The van der Waals surface area contributed by atoms with Gasteiger partial charge in [-0.1, -0.05) is 26.0 Å². The van der Waals surface area contributed by atoms with Crippen LogP contribution < -0.4 is 9.47 Å². The summed E-state index contributed by atoms with van der Waals surface area (Å²) in [4.78, 5) is 29.7. The van der Waals surface area contributed by atoms with Gasteiger partial charge in [-0.2, -0.15) is 0 Å². The average molecular weight is 453 g/mol. The first-order valence-electron chi connectivity index (χ1n) is 10.9. The van der Waals surface area contributed by atoms with E-state index in [0.29, 0.717) is 35.7 Å². The quantitative estimate of drug-likeness (QED) is 0.373. The number of Topliss-reactive ketones (excluding diaryl/α,β-unsaturated/α-hetero) is 1. The molecule has 176 valence electrons. The molecular formula is C26H32N2O5. The van der Waals surface area contributed by atoms with Crippen LogP contribution in [-0.4, -0.2) is 68.0 Å². The van der Waals surface area contributed by atoms with Crippen molar-refractivity contribution >= 4 is 17.4 Å². The van der Waals surface area contributed by atoms with E-state index in [4.69, 9.17) is 9.47 Å². The number of hydrogen-bond acceptors (Lipinski definition) is 6. The SMILES string of the molecule is COc1cccc(C2/C(=C(/O)c3ccc(OC)c(C(C)C)c3)C(=O)C(=O)N2CCN(C)C)c1. The van der Waals surface area contributed by atoms with Gasteiger partial charge in [0.15, 0.2) is 0 Å². The molecule has 1 heterocycles. The summed E-state index contributed by atoms with van der Waals surface area (Å²) in [5, 5.41) is 11.3. The Balaban J connectivity index is 2.19. The monoisotopic (exact) mass is 452 g/mol. The molecule has 1 saturated heterocycles. The molecule has 3 rings (SSSR count). The zero-order valence-corrected chi connectivity index (χ0v) is 20.1. The second-order valence-corrected chi connectivity index (χ2v) is 8.68. The molecule has 0 radical (unpaired) electrons. The fourth-order valence-electron chi connectivity index (χ4n) is 4.06. The van der Waals surface area contributed by atoms with Crippen LogP contribution in [0.4, 0.5) is 0 Å². The maximum Gasteiger partial charge on any atom is 0.295 e. The molecule has 1 fully saturated rings. The van der Waals surface area contributed by atoms with Crippen molar-refractivity contribution in [3.8, 4) is 11.5 Å². The first kappa shape index (κ1) is 24.3. The van der Waals surface area contributed by atoms with E-state index in [9.17, 15) is 14.7 Å². The highest BCUT2D eigenvalue weighted by Crippen LogP contribution is 2.41. The molecule has 7 heteroatoms. The predicted octanol–water partition coefficient (Wildman–Crippen LogP) is 3.81. The molecule has 0 saturated carbocycles. The number of likely N-dealkylation sites (N-methyl/N-ethyl adjacent to an activating group) is 1. The number of nitrogens with zero attached hydrogens (tertiary/aromatic N) is 2. The highest BCUT2D eigenvalue weighted by atomic mass is 16.5. The zero-order chi connectivity index (χ0) is 24.3. The van der Waals surface area contributed by atoms with Crippen molar-refractivity contribution in [2.24, 2.45) is 0 Å². The molecule has 2 aromatic rings. The number of aliphatic hydroxyl groups excluding tert-OH is 1. The van der Waals surface area contributed by atoms with Gasteiger partial charge >= 0.3 is 0 Å². The lowest BCUT2D eigenvalue weighted by atomic mass is 9.93. The maximum absolute atomic E-state index is 13.2. The Morgan fingerprint density at radius 1 is 1.09 bits per heavy atom. The summed E-state index contributed by atoms with van der Waals surface area (Å²) < 4.78 is 10.8. The normalized spacial score (nSPS) is 17.8. The van der Waals surface area contributed by atoms with E-state index >= 15 is 0 Å². The fraction of sp³-hybridized carbons (Fsp3) is 0.385. The molecule has 1 aliphatic heterocycles. The Labute approximate surface area is 195 Å². The Morgan fingerprint density at radius 2 is 1.82 bits per heavy atom. The number of carbonyl (C=O) groups excluding carboxylic acids is 2. The standard InChI is InChI=1S/C26H32N2O5/c1-16(2)20-15-18(10-11-21(20)33-6)24(29)22-23(17-8-7-9-19(14-17)32-5)28(13-12-27(3)4)26(31)25(22)30/h7-11,14-16,23,29H,12-13H2,1-6H3/b24-22-. The maximum atomic E-state index is 13.2. The van der Waals surface area contributed by atoms with Gasteiger partial charge in [0.1, 0.15) is 17.3 Å². The van der Waals surface area contributed by atoms with Crippen LogP contribution in [0, 0.1) is 0 Å². The summed E-state index contributed by atoms with van der Waals surface area (Å²) >= 11 is 0. The van der Waals surface area contributed by atoms with Crippen LogP contribution in [0.3, 0.4) is 0 Å². The smallest absolute Gasteiger partial charge is 0.295 e. The number of methoxy groups -OCH3 is 2. The molecule has 0 spiro atoms. The van der Waals surface area contributed by atoms with Crippen molar-refractivity contribution < 1.29 is 24.2 Å². The summed E-state index contributed by atoms with van der Waals surface area (Å²) in [6, 6.07) is 11.8. The van der Waals surface area contributed by atoms with Crippen LogP contribution in [0.5, 0.6) is 11.5 Å². The number of hydrogen-bond donors (Lipinski definition) is 1. The van der Waals surface area contributed by atoms with Crippen LogP contribution >= 0.6 is 0 Å². The third-order valence-corrected chi connectivity index (χ3v) is 5.86. The molecule has 1 atom stereocenters. The number of ether oxygens (including phenoxy) is 2. The summed E-state index contributed by atoms with van der Waals surface area (Å²) in [5.41, 5.74) is 2.15. The van der Waals surface area contributed by atoms with Gasteiger partial charge in [-0.15, -0.1) is 0 Å². The summed E-state index contributed by atoms with van der Waals surface area (Å²) in [7, 11) is 6.97. The van der Waals surface area contributed by atoms with Crippen molar-refractivity contribution in [1.82, 2.24) is 9.80 Å². The minimum atomic E-state index is -0.718. The van der Waals surface area contributed by atoms with Crippen molar-refractivity contribution in [3.05, 3.63) is 64.7 Å². The Morgan fingerprint density at radius 3 is 2.42 bits per heavy atom. The van der Waals surface area contributed by atoms with E-state index in [1.165, 1.54) is 4.90 Å². The number of likely N-dealkylation sites (tertiary alicyclic amines) is 1. The number of amides is 1. The first-order valence-corrected chi connectivity index (χ1v) is 10.9. The second-order valence-electron chi connectivity index (χ2n) is 8.68. The van der Waals surface area contributed by atoms with Crippen molar-refractivity contribution in [2.75, 3.05) is 41.4 Å². The predicted molar refractivity (Wildman–Crippen MR) is 128 cm³/mol. The van der Waals surface area contributed by atoms with Gasteiger partial charge in [-0.25, -0.2) is 0 Å². The zero-order valence-electron chi connectivity index (χ0n) is 20.1. The number of rotatable bonds is 8. The number of benzene rings is 2. The highest BCUT2D eigenvalue weighted by Gasteiger charge is 2.46. The van der Waals surface area contributed by atoms with Gasteiger partial charge in [-0.05, 0) is 61.5 Å². The van der Waals surface area contributed by atoms with Crippen LogP contribution in [0.2, 0.25) is 0 Å². The lowest BCUT2D eigenvalue weighted by Gasteiger charge is -2.27. The summed E-state index contributed by atoms with van der Waals surface area (Å²) in [5.74, 6) is -0.0539. The van der Waals surface area contributed by atoms with E-state index < -0.39 is 17.7 Å². The molecule has 0 bridgehead atoms. The van der Waals surface area contributed by atoms with E-state index in [0.717, 1.165) is 5.56 Å². The lowest BCUT2D eigenvalue weighted by Crippen LogP contribution is -2.35. The number of carbonyl (C=O) groups is 2. The van der Waals surface area contributed by atoms with Gasteiger partial charge in [0.05, 0.1) is 25.8 Å². The molecule has 7 nitrogen and oxygen atoms in total. The number of ketones is 1. The van der Waals surface area contributed by atoms with Gasteiger partial charge in [0, 0.05) is 18.7 Å². The second kappa shape index (κ2) is 10.1. The molecule has 33 heavy (non-hydrogen) atoms. The average Bonchev–Trinajstić information content (AvgIpc) is 3.06. The van der Waals surface area contributed by atoms with Gasteiger partial charge < -0.3 is 24.4 Å². The van der Waals surface area contributed by atoms with Gasteiger partial charge in [0.25, 0.3) is 11.7 Å². The third kappa shape index (κ3) is 4.88. The minimum Gasteiger partial charge on any atom is -0.507 e. The molecule has 1 N–H and O–H groups in total. The third-order valence-electron chi connectivity index (χ3n) is 5.86. The van der Waals surface area contributed by atoms with E-state index in [1.54, 1.807) is 38.5 Å². The van der Waals surface area contributed by atoms with E-state index in [-0.39, 0.29) is 17.3 Å². The van der Waals surface area contributed by atoms with Gasteiger partial charge in [-0.3, -0.25) is 9.59 Å². The topological polar surface area (TPSA) is 79.3 Å². The molecule has 0 aromatic heterocycles. The molecule has 1 aliphatic rings. The molecule has 1 amide bonds. The molecule has 1 unspecified atom stereocenters. The first-order chi connectivity index (χ1) is 15.7. The van der Waals surface area contributed by atoms with E-state index in [1.807, 2.05) is 51.0 Å². The van der Waals surface area contributed by atoms with Crippen molar-refractivity contribution in [1.29, 1.82) is 0 Å². The van der Waals surface area contributed by atoms with Crippen LogP contribution in [-0.2, 0) is 9.59 Å². The van der Waals surface area contributed by atoms with Crippen molar-refractivity contribution in [2.45, 2.75) is 25.8 Å².